The lowest BCUT2D eigenvalue weighted by molar-refractivity contribution is 0.114. The van der Waals surface area contributed by atoms with Crippen LogP contribution in [0.5, 0.6) is 0 Å². The van der Waals surface area contributed by atoms with Crippen LogP contribution in [0.4, 0.5) is 11.6 Å². The summed E-state index contributed by atoms with van der Waals surface area (Å²) in [5.74, 6) is 0.418. The molecule has 0 radical (unpaired) electrons. The van der Waals surface area contributed by atoms with Crippen molar-refractivity contribution < 1.29 is 13.2 Å². The number of hydrogen-bond donors (Lipinski definition) is 2. The summed E-state index contributed by atoms with van der Waals surface area (Å²) >= 11 is 0. The zero-order valence-electron chi connectivity index (χ0n) is 17.5. The number of nitrogens with one attached hydrogen (secondary N) is 2. The number of benzene rings is 1. The number of hydrogen-bond acceptors (Lipinski definition) is 7. The van der Waals surface area contributed by atoms with Crippen LogP contribution in [0.15, 0.2) is 53.9 Å². The van der Waals surface area contributed by atoms with Gasteiger partial charge in [-0.3, -0.25) is 0 Å². The van der Waals surface area contributed by atoms with Crippen molar-refractivity contribution >= 4 is 21.7 Å². The van der Waals surface area contributed by atoms with Gasteiger partial charge in [-0.15, -0.1) is 0 Å². The minimum atomic E-state index is -3.59. The lowest BCUT2D eigenvalue weighted by atomic mass is 10.2. The molecule has 1 atom stereocenters. The summed E-state index contributed by atoms with van der Waals surface area (Å²) in [6, 6.07) is 8.57. The minimum absolute atomic E-state index is 0.0489. The second kappa shape index (κ2) is 9.13. The molecule has 2 N–H and O–H groups in total. The summed E-state index contributed by atoms with van der Waals surface area (Å²) in [6.45, 7) is 5.14. The molecule has 0 saturated carbocycles. The first-order valence-electron chi connectivity index (χ1n) is 10.3. The molecule has 1 unspecified atom stereocenters. The number of nitrogens with zero attached hydrogens (tertiary/aromatic N) is 4. The van der Waals surface area contributed by atoms with Crippen LogP contribution in [0.3, 0.4) is 0 Å². The molecule has 10 heteroatoms. The second-order valence-corrected chi connectivity index (χ2v) is 9.45. The number of ether oxygens (including phenoxy) is 1. The Morgan fingerprint density at radius 3 is 2.74 bits per heavy atom. The first-order valence-corrected chi connectivity index (χ1v) is 11.7. The molecule has 1 aliphatic heterocycles. The maximum Gasteiger partial charge on any atom is 0.240 e. The predicted molar refractivity (Wildman–Crippen MR) is 118 cm³/mol. The molecule has 0 aliphatic carbocycles. The molecule has 1 aromatic carbocycles. The smallest absolute Gasteiger partial charge is 0.240 e. The van der Waals surface area contributed by atoms with Gasteiger partial charge in [0.15, 0.2) is 0 Å². The molecular weight excluding hydrogens is 416 g/mol. The zero-order chi connectivity index (χ0) is 21.8. The predicted octanol–water partition coefficient (Wildman–Crippen LogP) is 3.12. The van der Waals surface area contributed by atoms with Crippen molar-refractivity contribution in [2.24, 2.45) is 0 Å². The Morgan fingerprint density at radius 2 is 2.03 bits per heavy atom. The lowest BCUT2D eigenvalue weighted by Gasteiger charge is -2.13. The molecule has 0 amide bonds. The molecular formula is C21H26N6O3S. The largest absolute Gasteiger partial charge is 0.377 e. The normalized spacial score (nSPS) is 16.7. The van der Waals surface area contributed by atoms with Crippen molar-refractivity contribution in [2.45, 2.75) is 43.7 Å². The number of aromatic nitrogens is 4. The Balaban J connectivity index is 1.45. The van der Waals surface area contributed by atoms with Crippen LogP contribution in [-0.4, -0.2) is 47.2 Å². The van der Waals surface area contributed by atoms with Crippen molar-refractivity contribution in [3.8, 4) is 11.4 Å². The van der Waals surface area contributed by atoms with Crippen molar-refractivity contribution in [1.82, 2.24) is 24.2 Å². The van der Waals surface area contributed by atoms with Gasteiger partial charge in [0.25, 0.3) is 0 Å². The summed E-state index contributed by atoms with van der Waals surface area (Å²) < 4.78 is 35.1. The number of rotatable bonds is 8. The highest BCUT2D eigenvalue weighted by molar-refractivity contribution is 7.89. The number of anilines is 2. The van der Waals surface area contributed by atoms with Crippen LogP contribution >= 0.6 is 0 Å². The van der Waals surface area contributed by atoms with Crippen LogP contribution < -0.4 is 10.0 Å². The molecule has 4 rings (SSSR count). The fourth-order valence-electron chi connectivity index (χ4n) is 3.41. The van der Waals surface area contributed by atoms with E-state index in [-0.39, 0.29) is 23.6 Å². The Kier molecular flexibility index (Phi) is 6.30. The van der Waals surface area contributed by atoms with Gasteiger partial charge in [-0.25, -0.2) is 28.1 Å². The standard InChI is InChI=1S/C21H26N6O3S/c1-15(2)27-14-22-13-20(27)19-9-10-23-21(26-19)25-16-5-7-18(8-6-16)31(28,29)24-12-17-4-3-11-30-17/h5-10,13-15,17,24H,3-4,11-12H2,1-2H3,(H,23,25,26). The van der Waals surface area contributed by atoms with Gasteiger partial charge >= 0.3 is 0 Å². The highest BCUT2D eigenvalue weighted by Gasteiger charge is 2.20. The van der Waals surface area contributed by atoms with Gasteiger partial charge < -0.3 is 14.6 Å². The van der Waals surface area contributed by atoms with Crippen LogP contribution in [0.2, 0.25) is 0 Å². The summed E-state index contributed by atoms with van der Waals surface area (Å²) in [5, 5.41) is 3.12. The second-order valence-electron chi connectivity index (χ2n) is 7.68. The molecule has 1 aliphatic rings. The van der Waals surface area contributed by atoms with Gasteiger partial charge in [0.05, 0.1) is 34.9 Å². The van der Waals surface area contributed by atoms with E-state index in [0.717, 1.165) is 24.2 Å². The molecule has 3 heterocycles. The van der Waals surface area contributed by atoms with Gasteiger partial charge in [-0.05, 0) is 57.0 Å². The van der Waals surface area contributed by atoms with Crippen molar-refractivity contribution in [3.63, 3.8) is 0 Å². The van der Waals surface area contributed by atoms with E-state index in [1.165, 1.54) is 0 Å². The van der Waals surface area contributed by atoms with E-state index in [9.17, 15) is 8.42 Å². The summed E-state index contributed by atoms with van der Waals surface area (Å²) in [6.07, 6.45) is 7.03. The Labute approximate surface area is 182 Å². The Bertz CT molecular complexity index is 1120. The fraction of sp³-hybridized carbons (Fsp3) is 0.381. The monoisotopic (exact) mass is 442 g/mol. The van der Waals surface area contributed by atoms with Gasteiger partial charge in [-0.1, -0.05) is 0 Å². The fourth-order valence-corrected chi connectivity index (χ4v) is 4.48. The topological polar surface area (TPSA) is 111 Å². The first-order chi connectivity index (χ1) is 14.9. The third-order valence-corrected chi connectivity index (χ3v) is 6.53. The molecule has 164 valence electrons. The average Bonchev–Trinajstić information content (AvgIpc) is 3.45. The molecule has 1 fully saturated rings. The van der Waals surface area contributed by atoms with Crippen LogP contribution in [-0.2, 0) is 14.8 Å². The van der Waals surface area contributed by atoms with E-state index < -0.39 is 10.0 Å². The molecule has 0 bridgehead atoms. The summed E-state index contributed by atoms with van der Waals surface area (Å²) in [7, 11) is -3.59. The van der Waals surface area contributed by atoms with Crippen LogP contribution in [0.1, 0.15) is 32.7 Å². The van der Waals surface area contributed by atoms with Crippen molar-refractivity contribution in [3.05, 3.63) is 49.1 Å². The summed E-state index contributed by atoms with van der Waals surface area (Å²) in [5.41, 5.74) is 2.34. The van der Waals surface area contributed by atoms with Gasteiger partial charge in [0, 0.05) is 31.1 Å². The van der Waals surface area contributed by atoms with E-state index in [0.29, 0.717) is 18.2 Å². The average molecular weight is 443 g/mol. The van der Waals surface area contributed by atoms with Gasteiger partial charge in [-0.2, -0.15) is 0 Å². The number of sulfonamides is 1. The number of imidazole rings is 1. The van der Waals surface area contributed by atoms with Gasteiger partial charge in [0.2, 0.25) is 16.0 Å². The molecule has 3 aromatic rings. The molecule has 0 spiro atoms. The summed E-state index contributed by atoms with van der Waals surface area (Å²) in [4.78, 5) is 13.3. The molecule has 9 nitrogen and oxygen atoms in total. The van der Waals surface area contributed by atoms with E-state index in [2.05, 4.69) is 38.8 Å². The van der Waals surface area contributed by atoms with E-state index in [1.54, 1.807) is 43.0 Å². The van der Waals surface area contributed by atoms with Crippen molar-refractivity contribution in [1.29, 1.82) is 0 Å². The highest BCUT2D eigenvalue weighted by Crippen LogP contribution is 2.23. The maximum absolute atomic E-state index is 12.5. The Hall–Kier alpha value is -2.82. The Morgan fingerprint density at radius 1 is 1.23 bits per heavy atom. The third-order valence-electron chi connectivity index (χ3n) is 5.09. The van der Waals surface area contributed by atoms with Crippen LogP contribution in [0, 0.1) is 0 Å². The zero-order valence-corrected chi connectivity index (χ0v) is 18.3. The SMILES string of the molecule is CC(C)n1cncc1-c1ccnc(Nc2ccc(S(=O)(=O)NCC3CCCO3)cc2)n1. The minimum Gasteiger partial charge on any atom is -0.377 e. The van der Waals surface area contributed by atoms with E-state index in [4.69, 9.17) is 4.74 Å². The van der Waals surface area contributed by atoms with E-state index in [1.807, 2.05) is 10.6 Å². The van der Waals surface area contributed by atoms with Crippen LogP contribution in [0.25, 0.3) is 11.4 Å². The van der Waals surface area contributed by atoms with Gasteiger partial charge in [0.1, 0.15) is 0 Å². The quantitative estimate of drug-likeness (QED) is 0.551. The lowest BCUT2D eigenvalue weighted by Crippen LogP contribution is -2.31. The molecule has 31 heavy (non-hydrogen) atoms. The maximum atomic E-state index is 12.5. The highest BCUT2D eigenvalue weighted by atomic mass is 32.2. The first kappa shape index (κ1) is 21.4. The van der Waals surface area contributed by atoms with E-state index >= 15 is 0 Å². The molecule has 1 saturated heterocycles. The third kappa shape index (κ3) is 5.09. The van der Waals surface area contributed by atoms with Crippen molar-refractivity contribution in [2.75, 3.05) is 18.5 Å². The molecule has 2 aromatic heterocycles.